The highest BCUT2D eigenvalue weighted by molar-refractivity contribution is 9.11. The normalized spacial score (nSPS) is 12.5. The summed E-state index contributed by atoms with van der Waals surface area (Å²) in [5.41, 5.74) is 9.23. The van der Waals surface area contributed by atoms with Crippen LogP contribution in [0.15, 0.2) is 196 Å². The molecule has 9 heterocycles. The molecule has 0 aliphatic carbocycles. The van der Waals surface area contributed by atoms with E-state index >= 15 is 0 Å². The first-order valence-corrected chi connectivity index (χ1v) is 31.6. The molecule has 0 atom stereocenters. The van der Waals surface area contributed by atoms with E-state index in [-0.39, 0.29) is 0 Å². The number of aromatic amines is 3. The number of aromatic nitrogens is 12. The van der Waals surface area contributed by atoms with Crippen LogP contribution in [0, 0.1) is 0 Å². The third-order valence-corrected chi connectivity index (χ3v) is 15.9. The number of fused-ring (bicyclic) bond motifs is 3. The van der Waals surface area contributed by atoms with Crippen molar-refractivity contribution in [3.8, 4) is 51.4 Å². The highest BCUT2D eigenvalue weighted by Gasteiger charge is 2.18. The number of halogens is 3. The van der Waals surface area contributed by atoms with Crippen molar-refractivity contribution in [2.75, 3.05) is 90.7 Å². The molecule has 1 fully saturated rings. The van der Waals surface area contributed by atoms with Gasteiger partial charge in [0.2, 0.25) is 0 Å². The summed E-state index contributed by atoms with van der Waals surface area (Å²) in [6, 6.07) is 46.5. The third kappa shape index (κ3) is 17.7. The minimum atomic E-state index is 0.632. The molecular formula is C66H67Br3N16O3. The van der Waals surface area contributed by atoms with E-state index in [1.54, 1.807) is 24.8 Å². The van der Waals surface area contributed by atoms with E-state index in [0.717, 1.165) is 165 Å². The molecule has 8 aromatic heterocycles. The topological polar surface area (TPSA) is 205 Å². The Kier molecular flexibility index (Phi) is 21.6. The van der Waals surface area contributed by atoms with E-state index in [4.69, 9.17) is 14.2 Å². The second kappa shape index (κ2) is 31.0. The summed E-state index contributed by atoms with van der Waals surface area (Å²) in [5, 5.41) is 3.39. The molecule has 12 aromatic rings. The molecule has 0 amide bonds. The van der Waals surface area contributed by atoms with Crippen LogP contribution < -0.4 is 24.4 Å². The molecule has 4 N–H and O–H groups in total. The van der Waals surface area contributed by atoms with Crippen LogP contribution in [-0.2, 0) is 13.0 Å². The summed E-state index contributed by atoms with van der Waals surface area (Å²) in [6.07, 6.45) is 14.8. The average Bonchev–Trinajstić information content (AvgIpc) is 3.76. The molecule has 1 aliphatic heterocycles. The molecule has 0 saturated carbocycles. The fourth-order valence-corrected chi connectivity index (χ4v) is 10.8. The quantitative estimate of drug-likeness (QED) is 0.0440. The lowest BCUT2D eigenvalue weighted by Crippen LogP contribution is -2.47. The molecule has 22 heteroatoms. The Morgan fingerprint density at radius 3 is 1.53 bits per heavy atom. The predicted molar refractivity (Wildman–Crippen MR) is 358 cm³/mol. The van der Waals surface area contributed by atoms with E-state index in [9.17, 15) is 0 Å². The summed E-state index contributed by atoms with van der Waals surface area (Å²) in [7, 11) is 2.13. The first kappa shape index (κ1) is 61.3. The van der Waals surface area contributed by atoms with Crippen molar-refractivity contribution in [1.29, 1.82) is 0 Å². The summed E-state index contributed by atoms with van der Waals surface area (Å²) in [6.45, 7) is 11.6. The number of imidazole rings is 4. The molecular weight excluding hydrogens is 1300 g/mol. The first-order chi connectivity index (χ1) is 43.2. The molecule has 19 nitrogen and oxygen atoms in total. The van der Waals surface area contributed by atoms with Gasteiger partial charge in [-0.05, 0) is 183 Å². The fraction of sp³-hybridized carbons (Fsp3) is 0.242. The van der Waals surface area contributed by atoms with Gasteiger partial charge in [-0.3, -0.25) is 4.90 Å². The number of hydrogen-bond donors (Lipinski definition) is 4. The van der Waals surface area contributed by atoms with Crippen LogP contribution >= 0.6 is 47.8 Å². The van der Waals surface area contributed by atoms with E-state index in [1.807, 2.05) is 122 Å². The van der Waals surface area contributed by atoms with E-state index < -0.39 is 0 Å². The summed E-state index contributed by atoms with van der Waals surface area (Å²) < 4.78 is 22.5. The number of nitrogens with one attached hydrogen (secondary N) is 4. The zero-order valence-corrected chi connectivity index (χ0v) is 53.4. The smallest absolute Gasteiger partial charge is 0.178 e. The van der Waals surface area contributed by atoms with E-state index in [1.165, 1.54) is 5.56 Å². The first-order valence-electron chi connectivity index (χ1n) is 29.2. The van der Waals surface area contributed by atoms with Gasteiger partial charge in [0.15, 0.2) is 16.9 Å². The molecule has 1 saturated heterocycles. The SMILES string of the molecule is Brc1cnc2nc(-c3ccc(OCCN4CCN(c5ccccn5)CC4)cc3)[nH]c2c1.Brc1cnc2nc(-c3ccc(OCCNCCCn4ccnc4)cc3)[nH]c2c1.CN(CCOc1ccc(-c2nc3ncc(Br)cc3[nH]2)cc1)CCc1ccccc1. The van der Waals surface area contributed by atoms with Crippen molar-refractivity contribution in [3.63, 3.8) is 0 Å². The van der Waals surface area contributed by atoms with Crippen molar-refractivity contribution < 1.29 is 14.2 Å². The predicted octanol–water partition coefficient (Wildman–Crippen LogP) is 12.6. The van der Waals surface area contributed by atoms with Gasteiger partial charge in [-0.2, -0.15) is 0 Å². The van der Waals surface area contributed by atoms with Crippen LogP contribution in [-0.4, -0.2) is 155 Å². The van der Waals surface area contributed by atoms with Crippen molar-refractivity contribution in [2.24, 2.45) is 0 Å². The third-order valence-electron chi connectivity index (χ3n) is 14.6. The molecule has 0 radical (unpaired) electrons. The molecule has 0 unspecified atom stereocenters. The number of nitrogens with zero attached hydrogens (tertiary/aromatic N) is 12. The van der Waals surface area contributed by atoms with Gasteiger partial charge in [0.25, 0.3) is 0 Å². The number of aryl methyl sites for hydroxylation is 1. The Bertz CT molecular complexity index is 4050. The Morgan fingerprint density at radius 1 is 0.523 bits per heavy atom. The highest BCUT2D eigenvalue weighted by Crippen LogP contribution is 2.27. The second-order valence-electron chi connectivity index (χ2n) is 20.9. The number of benzene rings is 4. The van der Waals surface area contributed by atoms with Crippen LogP contribution in [0.5, 0.6) is 17.2 Å². The summed E-state index contributed by atoms with van der Waals surface area (Å²) in [5.74, 6) is 6.05. The van der Waals surface area contributed by atoms with Crippen molar-refractivity contribution in [1.82, 2.24) is 74.5 Å². The zero-order chi connectivity index (χ0) is 60.3. The van der Waals surface area contributed by atoms with Gasteiger partial charge in [0.1, 0.15) is 60.4 Å². The fourth-order valence-electron chi connectivity index (χ4n) is 9.76. The number of rotatable bonds is 23. The number of ether oxygens (including phenoxy) is 3. The van der Waals surface area contributed by atoms with Crippen LogP contribution in [0.4, 0.5) is 5.82 Å². The summed E-state index contributed by atoms with van der Waals surface area (Å²) in [4.78, 5) is 52.1. The molecule has 4 aromatic carbocycles. The van der Waals surface area contributed by atoms with Crippen LogP contribution in [0.2, 0.25) is 0 Å². The van der Waals surface area contributed by atoms with Crippen LogP contribution in [0.3, 0.4) is 0 Å². The van der Waals surface area contributed by atoms with Gasteiger partial charge in [-0.1, -0.05) is 36.4 Å². The Labute approximate surface area is 535 Å². The Morgan fingerprint density at radius 2 is 1.03 bits per heavy atom. The van der Waals surface area contributed by atoms with Crippen LogP contribution in [0.1, 0.15) is 12.0 Å². The molecule has 0 bridgehead atoms. The molecule has 0 spiro atoms. The minimum Gasteiger partial charge on any atom is -0.492 e. The number of likely N-dealkylation sites (N-methyl/N-ethyl adjacent to an activating group) is 1. The van der Waals surface area contributed by atoms with Gasteiger partial charge in [0, 0.05) is 126 Å². The maximum atomic E-state index is 5.97. The van der Waals surface area contributed by atoms with Gasteiger partial charge in [0.05, 0.1) is 22.9 Å². The summed E-state index contributed by atoms with van der Waals surface area (Å²) >= 11 is 10.3. The average molecular weight is 1370 g/mol. The zero-order valence-electron chi connectivity index (χ0n) is 48.7. The Balaban J connectivity index is 0.000000137. The lowest BCUT2D eigenvalue weighted by Gasteiger charge is -2.35. The van der Waals surface area contributed by atoms with Gasteiger partial charge < -0.3 is 48.8 Å². The van der Waals surface area contributed by atoms with Gasteiger partial charge in [-0.25, -0.2) is 39.9 Å². The number of anilines is 1. The standard InChI is InChI=1S/C23H23BrN6O.C23H23BrN4O.C20H21BrN6O/c24-18-15-20-23(26-16-18)28-22(27-20)17-4-6-19(7-5-17)31-14-13-29-9-11-30(12-10-29)21-3-1-2-8-25-21;1-28(12-11-17-5-3-2-4-6-17)13-14-29-20-9-7-18(8-10-20)22-26-21-15-19(24)16-25-23(21)27-22;21-16-12-18-20(24-13-16)26-19(25-18)15-2-4-17(5-3-15)28-11-8-22-6-1-9-27-10-7-23-14-27/h1-8,15-16H,9-14H2,(H,26,27,28);2-10,15-16H,11-14H2,1H3,(H,25,26,27);2-5,7,10,12-14,22H,1,6,8-9,11H2,(H,24,25,26). The largest absolute Gasteiger partial charge is 0.492 e. The van der Waals surface area contributed by atoms with E-state index in [2.05, 4.69) is 171 Å². The number of H-pyrrole nitrogens is 3. The maximum absolute atomic E-state index is 5.97. The van der Waals surface area contributed by atoms with Crippen LogP contribution in [0.25, 0.3) is 67.7 Å². The molecule has 88 heavy (non-hydrogen) atoms. The lowest BCUT2D eigenvalue weighted by atomic mass is 10.1. The second-order valence-corrected chi connectivity index (χ2v) is 23.7. The number of hydrogen-bond acceptors (Lipinski definition) is 15. The molecule has 13 rings (SSSR count). The van der Waals surface area contributed by atoms with Gasteiger partial charge >= 0.3 is 0 Å². The lowest BCUT2D eigenvalue weighted by molar-refractivity contribution is 0.200. The molecule has 1 aliphatic rings. The van der Waals surface area contributed by atoms with Crippen molar-refractivity contribution in [2.45, 2.75) is 19.4 Å². The Hall–Kier alpha value is -8.38. The highest BCUT2D eigenvalue weighted by atomic mass is 79.9. The van der Waals surface area contributed by atoms with Crippen molar-refractivity contribution in [3.05, 3.63) is 202 Å². The number of piperazine rings is 1. The number of pyridine rings is 4. The molecule has 450 valence electrons. The maximum Gasteiger partial charge on any atom is 0.178 e. The monoisotopic (exact) mass is 1370 g/mol. The minimum absolute atomic E-state index is 0.632. The van der Waals surface area contributed by atoms with E-state index in [0.29, 0.717) is 36.8 Å². The van der Waals surface area contributed by atoms with Gasteiger partial charge in [-0.15, -0.1) is 0 Å². The van der Waals surface area contributed by atoms with Crippen molar-refractivity contribution >= 4 is 87.1 Å².